The third-order valence-corrected chi connectivity index (χ3v) is 8.34. The second-order valence-corrected chi connectivity index (χ2v) is 10.5. The highest BCUT2D eigenvalue weighted by Gasteiger charge is 2.18. The van der Waals surface area contributed by atoms with Crippen molar-refractivity contribution in [3.8, 4) is 11.3 Å². The van der Waals surface area contributed by atoms with E-state index in [0.717, 1.165) is 67.8 Å². The zero-order chi connectivity index (χ0) is 25.5. The van der Waals surface area contributed by atoms with Crippen LogP contribution in [0.1, 0.15) is 17.5 Å². The molecule has 0 saturated heterocycles. The molecule has 9 rings (SSSR count). The SMILES string of the molecule is C1=Cc2c(c3ccccc3c3cc4oc5ccc(-c6ccc7ccc8cccnc8c7n6)cc5c4cc23)CC1. The van der Waals surface area contributed by atoms with E-state index in [2.05, 4.69) is 102 Å². The van der Waals surface area contributed by atoms with Gasteiger partial charge in [-0.05, 0) is 88.0 Å². The number of pyridine rings is 2. The Bertz CT molecular complexity index is 2340. The van der Waals surface area contributed by atoms with Gasteiger partial charge in [0.1, 0.15) is 11.2 Å². The van der Waals surface area contributed by atoms with Gasteiger partial charge in [0.15, 0.2) is 0 Å². The molecule has 0 unspecified atom stereocenters. The van der Waals surface area contributed by atoms with E-state index in [9.17, 15) is 0 Å². The van der Waals surface area contributed by atoms with Gasteiger partial charge in [0.25, 0.3) is 0 Å². The molecule has 3 heterocycles. The van der Waals surface area contributed by atoms with Gasteiger partial charge < -0.3 is 4.42 Å². The van der Waals surface area contributed by atoms with Crippen LogP contribution in [0.4, 0.5) is 0 Å². The summed E-state index contributed by atoms with van der Waals surface area (Å²) in [6.07, 6.45) is 8.61. The van der Waals surface area contributed by atoms with Crippen LogP contribution >= 0.6 is 0 Å². The summed E-state index contributed by atoms with van der Waals surface area (Å²) >= 11 is 0. The fourth-order valence-corrected chi connectivity index (χ4v) is 6.49. The predicted octanol–water partition coefficient (Wildman–Crippen LogP) is 9.62. The summed E-state index contributed by atoms with van der Waals surface area (Å²) in [5.41, 5.74) is 8.48. The van der Waals surface area contributed by atoms with Gasteiger partial charge in [0.05, 0.1) is 16.7 Å². The van der Waals surface area contributed by atoms with Gasteiger partial charge in [0.2, 0.25) is 0 Å². The van der Waals surface area contributed by atoms with Gasteiger partial charge in [-0.3, -0.25) is 4.98 Å². The van der Waals surface area contributed by atoms with Gasteiger partial charge in [-0.2, -0.15) is 0 Å². The van der Waals surface area contributed by atoms with Crippen LogP contribution in [0.5, 0.6) is 0 Å². The van der Waals surface area contributed by atoms with E-state index in [4.69, 9.17) is 9.40 Å². The molecule has 3 aromatic heterocycles. The first-order chi connectivity index (χ1) is 19.3. The first kappa shape index (κ1) is 21.0. The van der Waals surface area contributed by atoms with E-state index in [1.165, 1.54) is 32.7 Å². The van der Waals surface area contributed by atoms with Crippen molar-refractivity contribution < 1.29 is 4.42 Å². The molecule has 39 heavy (non-hydrogen) atoms. The second-order valence-electron chi connectivity index (χ2n) is 10.5. The molecule has 1 aliphatic carbocycles. The van der Waals surface area contributed by atoms with Crippen LogP contribution in [-0.4, -0.2) is 9.97 Å². The molecule has 0 atom stereocenters. The molecule has 3 nitrogen and oxygen atoms in total. The number of rotatable bonds is 1. The van der Waals surface area contributed by atoms with Gasteiger partial charge >= 0.3 is 0 Å². The Balaban J connectivity index is 1.31. The number of furan rings is 1. The van der Waals surface area contributed by atoms with Crippen LogP contribution in [0.2, 0.25) is 0 Å². The van der Waals surface area contributed by atoms with E-state index in [1.54, 1.807) is 0 Å². The Morgan fingerprint density at radius 3 is 2.41 bits per heavy atom. The summed E-state index contributed by atoms with van der Waals surface area (Å²) in [4.78, 5) is 9.71. The number of nitrogens with zero attached hydrogens (tertiary/aromatic N) is 2. The third-order valence-electron chi connectivity index (χ3n) is 8.34. The predicted molar refractivity (Wildman–Crippen MR) is 162 cm³/mol. The highest BCUT2D eigenvalue weighted by atomic mass is 16.3. The zero-order valence-corrected chi connectivity index (χ0v) is 21.1. The van der Waals surface area contributed by atoms with Crippen LogP contribution in [0, 0.1) is 0 Å². The maximum Gasteiger partial charge on any atom is 0.136 e. The standard InChI is InChI=1S/C36H22N2O/c1-3-9-26-24(7-1)25-8-2-4-10-27(25)29-20-34-31(19-28(26)29)30-18-23(14-16-33(30)39-34)32-15-13-22-12-11-21-6-5-17-37-35(21)36(22)38-32/h2-6,8-20H,1,7H2. The lowest BCUT2D eigenvalue weighted by Gasteiger charge is -2.17. The molecule has 0 aliphatic heterocycles. The van der Waals surface area contributed by atoms with E-state index in [-0.39, 0.29) is 0 Å². The molecule has 5 aromatic carbocycles. The summed E-state index contributed by atoms with van der Waals surface area (Å²) in [7, 11) is 0. The molecule has 0 spiro atoms. The van der Waals surface area contributed by atoms with E-state index in [1.807, 2.05) is 12.3 Å². The molecule has 0 fully saturated rings. The minimum absolute atomic E-state index is 0.894. The molecule has 182 valence electrons. The van der Waals surface area contributed by atoms with Crippen molar-refractivity contribution in [2.24, 2.45) is 0 Å². The zero-order valence-electron chi connectivity index (χ0n) is 21.1. The highest BCUT2D eigenvalue weighted by Crippen LogP contribution is 2.41. The minimum atomic E-state index is 0.894. The highest BCUT2D eigenvalue weighted by molar-refractivity contribution is 6.19. The molecule has 1 aliphatic rings. The average Bonchev–Trinajstić information content (AvgIpc) is 3.37. The lowest BCUT2D eigenvalue weighted by atomic mass is 9.86. The quantitative estimate of drug-likeness (QED) is 0.212. The van der Waals surface area contributed by atoms with Crippen molar-refractivity contribution in [3.05, 3.63) is 114 Å². The Hall–Kier alpha value is -5.02. The lowest BCUT2D eigenvalue weighted by Crippen LogP contribution is -1.97. The van der Waals surface area contributed by atoms with Crippen molar-refractivity contribution in [1.82, 2.24) is 9.97 Å². The van der Waals surface area contributed by atoms with Crippen molar-refractivity contribution in [3.63, 3.8) is 0 Å². The first-order valence-corrected chi connectivity index (χ1v) is 13.5. The van der Waals surface area contributed by atoms with Gasteiger partial charge in [-0.1, -0.05) is 60.7 Å². The van der Waals surface area contributed by atoms with Crippen molar-refractivity contribution in [2.45, 2.75) is 12.8 Å². The number of hydrogen-bond donors (Lipinski definition) is 0. The summed E-state index contributed by atoms with van der Waals surface area (Å²) in [5, 5.41) is 9.64. The number of aryl methyl sites for hydroxylation is 1. The third kappa shape index (κ3) is 2.98. The summed E-state index contributed by atoms with van der Waals surface area (Å²) in [5.74, 6) is 0. The molecule has 0 N–H and O–H groups in total. The number of aromatic nitrogens is 2. The Morgan fingerprint density at radius 1 is 0.615 bits per heavy atom. The normalized spacial score (nSPS) is 13.3. The summed E-state index contributed by atoms with van der Waals surface area (Å²) < 4.78 is 6.42. The summed E-state index contributed by atoms with van der Waals surface area (Å²) in [6, 6.07) is 32.3. The maximum absolute atomic E-state index is 6.42. The van der Waals surface area contributed by atoms with Crippen LogP contribution in [0.25, 0.3) is 82.6 Å². The van der Waals surface area contributed by atoms with Gasteiger partial charge in [0, 0.05) is 33.3 Å². The number of benzene rings is 5. The van der Waals surface area contributed by atoms with E-state index >= 15 is 0 Å². The molecule has 3 heteroatoms. The largest absolute Gasteiger partial charge is 0.456 e. The van der Waals surface area contributed by atoms with Gasteiger partial charge in [-0.25, -0.2) is 4.98 Å². The monoisotopic (exact) mass is 498 g/mol. The molecule has 0 saturated carbocycles. The van der Waals surface area contributed by atoms with E-state index in [0.29, 0.717) is 0 Å². The Kier molecular flexibility index (Phi) is 4.17. The number of hydrogen-bond acceptors (Lipinski definition) is 3. The average molecular weight is 499 g/mol. The molecular weight excluding hydrogens is 476 g/mol. The first-order valence-electron chi connectivity index (χ1n) is 13.5. The maximum atomic E-state index is 6.42. The van der Waals surface area contributed by atoms with Crippen LogP contribution < -0.4 is 0 Å². The van der Waals surface area contributed by atoms with Crippen molar-refractivity contribution in [2.75, 3.05) is 0 Å². The summed E-state index contributed by atoms with van der Waals surface area (Å²) in [6.45, 7) is 0. The minimum Gasteiger partial charge on any atom is -0.456 e. The van der Waals surface area contributed by atoms with Crippen molar-refractivity contribution in [1.29, 1.82) is 0 Å². The van der Waals surface area contributed by atoms with Crippen LogP contribution in [0.3, 0.4) is 0 Å². The Morgan fingerprint density at radius 2 is 1.46 bits per heavy atom. The molecule has 8 aromatic rings. The fraction of sp³-hybridized carbons (Fsp3) is 0.0556. The van der Waals surface area contributed by atoms with Crippen LogP contribution in [-0.2, 0) is 6.42 Å². The topological polar surface area (TPSA) is 38.9 Å². The van der Waals surface area contributed by atoms with E-state index < -0.39 is 0 Å². The molecular formula is C36H22N2O. The molecule has 0 bridgehead atoms. The fourth-order valence-electron chi connectivity index (χ4n) is 6.49. The number of allylic oxidation sites excluding steroid dienone is 1. The smallest absolute Gasteiger partial charge is 0.136 e. The second kappa shape index (κ2) is 7.75. The number of fused-ring (bicyclic) bond motifs is 12. The van der Waals surface area contributed by atoms with Gasteiger partial charge in [-0.15, -0.1) is 0 Å². The lowest BCUT2D eigenvalue weighted by molar-refractivity contribution is 0.669. The Labute approximate surface area is 224 Å². The molecule has 0 amide bonds. The molecule has 0 radical (unpaired) electrons. The van der Waals surface area contributed by atoms with Crippen LogP contribution in [0.15, 0.2) is 108 Å². The van der Waals surface area contributed by atoms with Crippen molar-refractivity contribution >= 4 is 71.4 Å².